The fourth-order valence-electron chi connectivity index (χ4n) is 1.93. The van der Waals surface area contributed by atoms with E-state index in [0.29, 0.717) is 13.0 Å². The van der Waals surface area contributed by atoms with Crippen molar-refractivity contribution in [2.24, 2.45) is 0 Å². The highest BCUT2D eigenvalue weighted by Crippen LogP contribution is 2.02. The van der Waals surface area contributed by atoms with Gasteiger partial charge in [-0.15, -0.1) is 0 Å². The highest BCUT2D eigenvalue weighted by Gasteiger charge is 2.09. The first-order valence-corrected chi connectivity index (χ1v) is 7.47. The molecule has 1 rings (SSSR count). The minimum absolute atomic E-state index is 0.141. The maximum absolute atomic E-state index is 11.8. The van der Waals surface area contributed by atoms with Crippen LogP contribution in [0.3, 0.4) is 0 Å². The van der Waals surface area contributed by atoms with Crippen LogP contribution in [0.15, 0.2) is 30.3 Å². The van der Waals surface area contributed by atoms with Crippen LogP contribution in [-0.2, 0) is 16.1 Å². The molecule has 0 aliphatic heterocycles. The van der Waals surface area contributed by atoms with E-state index in [1.165, 1.54) is 0 Å². The van der Waals surface area contributed by atoms with Gasteiger partial charge in [-0.25, -0.2) is 0 Å². The summed E-state index contributed by atoms with van der Waals surface area (Å²) in [7, 11) is 3.87. The number of ether oxygens (including phenoxy) is 1. The van der Waals surface area contributed by atoms with Crippen molar-refractivity contribution in [3.05, 3.63) is 35.9 Å². The highest BCUT2D eigenvalue weighted by atomic mass is 16.5. The molecule has 21 heavy (non-hydrogen) atoms. The van der Waals surface area contributed by atoms with Crippen LogP contribution in [0.2, 0.25) is 0 Å². The van der Waals surface area contributed by atoms with E-state index in [2.05, 4.69) is 15.5 Å². The van der Waals surface area contributed by atoms with Crippen LogP contribution >= 0.6 is 0 Å². The van der Waals surface area contributed by atoms with Crippen LogP contribution in [0.4, 0.5) is 0 Å². The number of benzene rings is 1. The van der Waals surface area contributed by atoms with Crippen molar-refractivity contribution < 1.29 is 9.53 Å². The number of carbonyl (C=O) groups excluding carboxylic acids is 1. The number of likely N-dealkylation sites (N-methyl/N-ethyl adjacent to an activating group) is 2. The molecule has 0 heterocycles. The molecule has 0 bridgehead atoms. The van der Waals surface area contributed by atoms with Gasteiger partial charge in [-0.2, -0.15) is 0 Å². The molecule has 2 N–H and O–H groups in total. The zero-order valence-corrected chi connectivity index (χ0v) is 13.1. The molecule has 118 valence electrons. The van der Waals surface area contributed by atoms with Gasteiger partial charge < -0.3 is 20.3 Å². The molecule has 0 fully saturated rings. The molecular weight excluding hydrogens is 266 g/mol. The quantitative estimate of drug-likeness (QED) is 0.593. The summed E-state index contributed by atoms with van der Waals surface area (Å²) in [4.78, 5) is 14.0. The predicted molar refractivity (Wildman–Crippen MR) is 85.1 cm³/mol. The highest BCUT2D eigenvalue weighted by molar-refractivity contribution is 5.69. The molecule has 0 unspecified atom stereocenters. The first kappa shape index (κ1) is 17.6. The van der Waals surface area contributed by atoms with E-state index in [9.17, 15) is 4.79 Å². The van der Waals surface area contributed by atoms with Gasteiger partial charge in [-0.3, -0.25) is 4.79 Å². The van der Waals surface area contributed by atoms with E-state index >= 15 is 0 Å². The van der Waals surface area contributed by atoms with Gasteiger partial charge in [-0.05, 0) is 19.7 Å². The zero-order valence-electron chi connectivity index (χ0n) is 13.1. The molecule has 5 nitrogen and oxygen atoms in total. The van der Waals surface area contributed by atoms with Crippen LogP contribution in [0.25, 0.3) is 0 Å². The van der Waals surface area contributed by atoms with Crippen molar-refractivity contribution in [1.82, 2.24) is 15.5 Å². The van der Waals surface area contributed by atoms with Gasteiger partial charge in [0.15, 0.2) is 0 Å². The molecule has 1 aromatic rings. The van der Waals surface area contributed by atoms with Crippen molar-refractivity contribution >= 4 is 5.97 Å². The number of hydrogen-bond acceptors (Lipinski definition) is 5. The van der Waals surface area contributed by atoms with E-state index in [0.717, 1.165) is 38.3 Å². The predicted octanol–water partition coefficient (Wildman–Crippen LogP) is 0.861. The molecule has 0 atom stereocenters. The average molecular weight is 293 g/mol. The zero-order chi connectivity index (χ0) is 15.3. The Labute approximate surface area is 127 Å². The molecule has 0 saturated heterocycles. The monoisotopic (exact) mass is 293 g/mol. The van der Waals surface area contributed by atoms with Crippen molar-refractivity contribution in [2.75, 3.05) is 46.8 Å². The Kier molecular flexibility index (Phi) is 9.44. The van der Waals surface area contributed by atoms with Gasteiger partial charge in [0.1, 0.15) is 6.61 Å². The number of hydrogen-bond donors (Lipinski definition) is 2. The Morgan fingerprint density at radius 1 is 1.05 bits per heavy atom. The summed E-state index contributed by atoms with van der Waals surface area (Å²) in [5.74, 6) is -0.141. The van der Waals surface area contributed by atoms with Crippen LogP contribution in [-0.4, -0.2) is 57.7 Å². The smallest absolute Gasteiger partial charge is 0.307 e. The largest absolute Gasteiger partial charge is 0.461 e. The number of nitrogens with one attached hydrogen (secondary N) is 2. The van der Waals surface area contributed by atoms with E-state index < -0.39 is 0 Å². The van der Waals surface area contributed by atoms with E-state index in [1.807, 2.05) is 44.4 Å². The normalized spacial score (nSPS) is 10.8. The van der Waals surface area contributed by atoms with Gasteiger partial charge in [-0.1, -0.05) is 30.3 Å². The van der Waals surface area contributed by atoms with Crippen LogP contribution in [0, 0.1) is 0 Å². The fourth-order valence-corrected chi connectivity index (χ4v) is 1.93. The SMILES string of the molecule is CNCCN(CCNC)CCC(=O)OCc1ccccc1. The summed E-state index contributed by atoms with van der Waals surface area (Å²) >= 11 is 0. The summed E-state index contributed by atoms with van der Waals surface area (Å²) in [5.41, 5.74) is 1.02. The van der Waals surface area contributed by atoms with Gasteiger partial charge in [0.2, 0.25) is 0 Å². The van der Waals surface area contributed by atoms with Crippen molar-refractivity contribution in [2.45, 2.75) is 13.0 Å². The first-order chi connectivity index (χ1) is 10.3. The minimum atomic E-state index is -0.141. The lowest BCUT2D eigenvalue weighted by atomic mass is 10.2. The maximum atomic E-state index is 11.8. The van der Waals surface area contributed by atoms with Crippen LogP contribution in [0.5, 0.6) is 0 Å². The van der Waals surface area contributed by atoms with Gasteiger partial charge in [0.05, 0.1) is 6.42 Å². The molecule has 0 aromatic heterocycles. The molecule has 0 spiro atoms. The summed E-state index contributed by atoms with van der Waals surface area (Å²) in [6.45, 7) is 4.80. The summed E-state index contributed by atoms with van der Waals surface area (Å²) < 4.78 is 5.29. The summed E-state index contributed by atoms with van der Waals surface area (Å²) in [5, 5.41) is 6.26. The number of rotatable bonds is 11. The Bertz CT molecular complexity index is 376. The van der Waals surface area contributed by atoms with E-state index in [1.54, 1.807) is 0 Å². The lowest BCUT2D eigenvalue weighted by molar-refractivity contribution is -0.145. The topological polar surface area (TPSA) is 53.6 Å². The van der Waals surface area contributed by atoms with Crippen LogP contribution < -0.4 is 10.6 Å². The molecule has 0 aliphatic carbocycles. The molecule has 0 amide bonds. The summed E-state index contributed by atoms with van der Waals surface area (Å²) in [6, 6.07) is 9.76. The Balaban J connectivity index is 2.24. The first-order valence-electron chi connectivity index (χ1n) is 7.47. The third-order valence-corrected chi connectivity index (χ3v) is 3.23. The van der Waals surface area contributed by atoms with E-state index in [-0.39, 0.29) is 5.97 Å². The van der Waals surface area contributed by atoms with E-state index in [4.69, 9.17) is 4.74 Å². The van der Waals surface area contributed by atoms with Crippen molar-refractivity contribution in [1.29, 1.82) is 0 Å². The van der Waals surface area contributed by atoms with Gasteiger partial charge >= 0.3 is 5.97 Å². The Morgan fingerprint density at radius 3 is 2.24 bits per heavy atom. The molecule has 0 aliphatic rings. The second-order valence-corrected chi connectivity index (χ2v) is 4.95. The van der Waals surface area contributed by atoms with Gasteiger partial charge in [0.25, 0.3) is 0 Å². The molecule has 5 heteroatoms. The number of esters is 1. The number of carbonyl (C=O) groups is 1. The fraction of sp³-hybridized carbons (Fsp3) is 0.562. The maximum Gasteiger partial charge on any atom is 0.307 e. The minimum Gasteiger partial charge on any atom is -0.461 e. The Morgan fingerprint density at radius 2 is 1.67 bits per heavy atom. The number of nitrogens with zero attached hydrogens (tertiary/aromatic N) is 1. The lowest BCUT2D eigenvalue weighted by Crippen LogP contribution is -2.37. The van der Waals surface area contributed by atoms with Crippen molar-refractivity contribution in [3.8, 4) is 0 Å². The second-order valence-electron chi connectivity index (χ2n) is 4.95. The molecule has 0 saturated carbocycles. The second kappa shape index (κ2) is 11.3. The molecule has 0 radical (unpaired) electrons. The summed E-state index contributed by atoms with van der Waals surface area (Å²) in [6.07, 6.45) is 0.431. The Hall–Kier alpha value is -1.43. The van der Waals surface area contributed by atoms with Gasteiger partial charge in [0, 0.05) is 32.7 Å². The third-order valence-electron chi connectivity index (χ3n) is 3.23. The van der Waals surface area contributed by atoms with Crippen LogP contribution in [0.1, 0.15) is 12.0 Å². The standard InChI is InChI=1S/C16H27N3O2/c1-17-9-12-19(13-10-18-2)11-8-16(20)21-14-15-6-4-3-5-7-15/h3-7,17-18H,8-14H2,1-2H3. The average Bonchev–Trinajstić information content (AvgIpc) is 2.53. The molecule has 1 aromatic carbocycles. The van der Waals surface area contributed by atoms with Crippen molar-refractivity contribution in [3.63, 3.8) is 0 Å². The third kappa shape index (κ3) is 8.45. The lowest BCUT2D eigenvalue weighted by Gasteiger charge is -2.21. The molecular formula is C16H27N3O2.